The van der Waals surface area contributed by atoms with Gasteiger partial charge in [0.1, 0.15) is 0 Å². The van der Waals surface area contributed by atoms with Crippen LogP contribution in [0.4, 0.5) is 8.78 Å². The minimum absolute atomic E-state index is 0.00534. The van der Waals surface area contributed by atoms with Gasteiger partial charge in [-0.25, -0.2) is 0 Å². The van der Waals surface area contributed by atoms with Crippen LogP contribution in [0.25, 0.3) is 0 Å². The molecule has 0 spiro atoms. The number of nitrogens with one attached hydrogen (secondary N) is 1. The summed E-state index contributed by atoms with van der Waals surface area (Å²) in [6, 6.07) is 4.32. The SMILES string of the molecule is COc1cccc(C(=O)NC2CCC(O)CC2)c1OC(F)F. The van der Waals surface area contributed by atoms with Crippen molar-refractivity contribution in [2.45, 2.75) is 44.4 Å². The van der Waals surface area contributed by atoms with E-state index in [0.29, 0.717) is 25.7 Å². The van der Waals surface area contributed by atoms with Gasteiger partial charge in [-0.1, -0.05) is 6.07 Å². The van der Waals surface area contributed by atoms with Crippen LogP contribution in [-0.4, -0.2) is 36.9 Å². The number of para-hydroxylation sites is 1. The Bertz CT molecular complexity index is 516. The van der Waals surface area contributed by atoms with Crippen molar-refractivity contribution in [1.29, 1.82) is 0 Å². The van der Waals surface area contributed by atoms with Crippen LogP contribution in [0.3, 0.4) is 0 Å². The molecular weight excluding hydrogens is 296 g/mol. The highest BCUT2D eigenvalue weighted by Crippen LogP contribution is 2.32. The van der Waals surface area contributed by atoms with Crippen molar-refractivity contribution < 1.29 is 28.2 Å². The van der Waals surface area contributed by atoms with E-state index < -0.39 is 12.5 Å². The molecular formula is C15H19F2NO4. The Morgan fingerprint density at radius 3 is 2.59 bits per heavy atom. The van der Waals surface area contributed by atoms with E-state index in [1.165, 1.54) is 25.3 Å². The normalized spacial score (nSPS) is 21.5. The monoisotopic (exact) mass is 315 g/mol. The van der Waals surface area contributed by atoms with Gasteiger partial charge in [0.25, 0.3) is 5.91 Å². The van der Waals surface area contributed by atoms with Crippen LogP contribution in [0.5, 0.6) is 11.5 Å². The maximum Gasteiger partial charge on any atom is 0.387 e. The second kappa shape index (κ2) is 7.40. The highest BCUT2D eigenvalue weighted by molar-refractivity contribution is 5.98. The maximum atomic E-state index is 12.5. The third-order valence-electron chi connectivity index (χ3n) is 3.68. The van der Waals surface area contributed by atoms with Gasteiger partial charge < -0.3 is 19.9 Å². The van der Waals surface area contributed by atoms with Crippen molar-refractivity contribution in [3.63, 3.8) is 0 Å². The maximum absolute atomic E-state index is 12.5. The molecule has 0 radical (unpaired) electrons. The van der Waals surface area contributed by atoms with Crippen LogP contribution >= 0.6 is 0 Å². The number of halogens is 2. The molecule has 122 valence electrons. The Labute approximate surface area is 127 Å². The number of alkyl halides is 2. The van der Waals surface area contributed by atoms with E-state index in [1.54, 1.807) is 0 Å². The predicted octanol–water partition coefficient (Wildman–Crippen LogP) is 2.33. The Morgan fingerprint density at radius 1 is 1.32 bits per heavy atom. The van der Waals surface area contributed by atoms with Crippen molar-refractivity contribution in [3.05, 3.63) is 23.8 Å². The number of aliphatic hydroxyl groups is 1. The smallest absolute Gasteiger partial charge is 0.387 e. The largest absolute Gasteiger partial charge is 0.493 e. The van der Waals surface area contributed by atoms with Gasteiger partial charge >= 0.3 is 6.61 Å². The van der Waals surface area contributed by atoms with Crippen molar-refractivity contribution in [2.24, 2.45) is 0 Å². The summed E-state index contributed by atoms with van der Waals surface area (Å²) in [5.41, 5.74) is 0.00534. The Kier molecular flexibility index (Phi) is 5.54. The van der Waals surface area contributed by atoms with Crippen LogP contribution in [-0.2, 0) is 0 Å². The third kappa shape index (κ3) is 4.07. The summed E-state index contributed by atoms with van der Waals surface area (Å²) < 4.78 is 34.5. The van der Waals surface area contributed by atoms with Crippen LogP contribution in [0.1, 0.15) is 36.0 Å². The molecule has 0 saturated heterocycles. The first-order chi connectivity index (χ1) is 10.5. The molecule has 1 aromatic rings. The lowest BCUT2D eigenvalue weighted by Crippen LogP contribution is -2.38. The highest BCUT2D eigenvalue weighted by atomic mass is 19.3. The quantitative estimate of drug-likeness (QED) is 0.875. The summed E-state index contributed by atoms with van der Waals surface area (Å²) in [4.78, 5) is 12.3. The molecule has 2 N–H and O–H groups in total. The molecule has 2 rings (SSSR count). The van der Waals surface area contributed by atoms with Crippen LogP contribution < -0.4 is 14.8 Å². The fourth-order valence-corrected chi connectivity index (χ4v) is 2.55. The van der Waals surface area contributed by atoms with Crippen LogP contribution in [0, 0.1) is 0 Å². The molecule has 22 heavy (non-hydrogen) atoms. The molecule has 0 atom stereocenters. The molecule has 0 heterocycles. The van der Waals surface area contributed by atoms with E-state index in [2.05, 4.69) is 10.1 Å². The van der Waals surface area contributed by atoms with Crippen LogP contribution in [0.2, 0.25) is 0 Å². The summed E-state index contributed by atoms with van der Waals surface area (Å²) in [5.74, 6) is -0.684. The lowest BCUT2D eigenvalue weighted by molar-refractivity contribution is -0.0515. The summed E-state index contributed by atoms with van der Waals surface area (Å²) in [6.45, 7) is -3.05. The van der Waals surface area contributed by atoms with Gasteiger partial charge in [-0.15, -0.1) is 0 Å². The molecule has 7 heteroatoms. The van der Waals surface area contributed by atoms with Gasteiger partial charge in [0.05, 0.1) is 18.8 Å². The van der Waals surface area contributed by atoms with Gasteiger partial charge in [-0.2, -0.15) is 8.78 Å². The van der Waals surface area contributed by atoms with Gasteiger partial charge in [-0.3, -0.25) is 4.79 Å². The topological polar surface area (TPSA) is 67.8 Å². The number of hydrogen-bond acceptors (Lipinski definition) is 4. The first kappa shape index (κ1) is 16.5. The molecule has 1 saturated carbocycles. The van der Waals surface area contributed by atoms with Crippen molar-refractivity contribution in [2.75, 3.05) is 7.11 Å². The lowest BCUT2D eigenvalue weighted by atomic mass is 9.93. The molecule has 5 nitrogen and oxygen atoms in total. The first-order valence-corrected chi connectivity index (χ1v) is 7.12. The van der Waals surface area contributed by atoms with E-state index >= 15 is 0 Å². The van der Waals surface area contributed by atoms with Crippen molar-refractivity contribution in [1.82, 2.24) is 5.32 Å². The van der Waals surface area contributed by atoms with Gasteiger partial charge in [0, 0.05) is 6.04 Å². The third-order valence-corrected chi connectivity index (χ3v) is 3.68. The Morgan fingerprint density at radius 2 is 2.00 bits per heavy atom. The summed E-state index contributed by atoms with van der Waals surface area (Å²) in [7, 11) is 1.32. The number of rotatable bonds is 5. The number of carbonyl (C=O) groups is 1. The minimum atomic E-state index is -3.05. The first-order valence-electron chi connectivity index (χ1n) is 7.12. The number of carbonyl (C=O) groups excluding carboxylic acids is 1. The van der Waals surface area contributed by atoms with E-state index in [0.717, 1.165) is 0 Å². The number of amides is 1. The number of aliphatic hydroxyl groups excluding tert-OH is 1. The summed E-state index contributed by atoms with van der Waals surface area (Å²) in [5, 5.41) is 12.2. The lowest BCUT2D eigenvalue weighted by Gasteiger charge is -2.26. The standard InChI is InChI=1S/C15H19F2NO4/c1-21-12-4-2-3-11(13(12)22-15(16)17)14(20)18-9-5-7-10(19)8-6-9/h2-4,9-10,15,19H,5-8H2,1H3,(H,18,20). The Hall–Kier alpha value is -1.89. The fraction of sp³-hybridized carbons (Fsp3) is 0.533. The molecule has 0 unspecified atom stereocenters. The summed E-state index contributed by atoms with van der Waals surface area (Å²) >= 11 is 0. The zero-order chi connectivity index (χ0) is 16.1. The zero-order valence-corrected chi connectivity index (χ0v) is 12.2. The molecule has 1 aromatic carbocycles. The fourth-order valence-electron chi connectivity index (χ4n) is 2.55. The molecule has 0 aromatic heterocycles. The number of methoxy groups -OCH3 is 1. The Balaban J connectivity index is 2.14. The second-order valence-corrected chi connectivity index (χ2v) is 5.19. The van der Waals surface area contributed by atoms with Crippen molar-refractivity contribution >= 4 is 5.91 Å². The highest BCUT2D eigenvalue weighted by Gasteiger charge is 2.24. The zero-order valence-electron chi connectivity index (χ0n) is 12.2. The molecule has 1 fully saturated rings. The van der Waals surface area contributed by atoms with Gasteiger partial charge in [0.2, 0.25) is 0 Å². The second-order valence-electron chi connectivity index (χ2n) is 5.19. The minimum Gasteiger partial charge on any atom is -0.493 e. The van der Waals surface area contributed by atoms with E-state index in [9.17, 15) is 18.7 Å². The predicted molar refractivity (Wildman–Crippen MR) is 75.4 cm³/mol. The average Bonchev–Trinajstić information content (AvgIpc) is 2.49. The van der Waals surface area contributed by atoms with E-state index in [4.69, 9.17) is 4.74 Å². The van der Waals surface area contributed by atoms with E-state index in [1.807, 2.05) is 0 Å². The molecule has 1 aliphatic rings. The van der Waals surface area contributed by atoms with Crippen LogP contribution in [0.15, 0.2) is 18.2 Å². The molecule has 0 bridgehead atoms. The molecule has 1 aliphatic carbocycles. The molecule has 0 aliphatic heterocycles. The summed E-state index contributed by atoms with van der Waals surface area (Å²) in [6.07, 6.45) is 2.21. The number of ether oxygens (including phenoxy) is 2. The van der Waals surface area contributed by atoms with Gasteiger partial charge in [0.15, 0.2) is 11.5 Å². The number of benzene rings is 1. The average molecular weight is 315 g/mol. The molecule has 1 amide bonds. The van der Waals surface area contributed by atoms with Crippen molar-refractivity contribution in [3.8, 4) is 11.5 Å². The van der Waals surface area contributed by atoms with Gasteiger partial charge in [-0.05, 0) is 37.8 Å². The van der Waals surface area contributed by atoms with E-state index in [-0.39, 0.29) is 29.2 Å². The number of hydrogen-bond donors (Lipinski definition) is 2.